The van der Waals surface area contributed by atoms with Crippen LogP contribution in [0.15, 0.2) is 48.8 Å². The van der Waals surface area contributed by atoms with Gasteiger partial charge >= 0.3 is 12.2 Å². The van der Waals surface area contributed by atoms with E-state index in [0.717, 1.165) is 5.56 Å². The van der Waals surface area contributed by atoms with Gasteiger partial charge in [0.2, 0.25) is 0 Å². The molecular weight excluding hydrogens is 534 g/mol. The standard InChI is InChI=1S/C30H32F2N4O5/c1-18-8-10-35-24(16-20-17-34(11-12-40-20)28(37)39-5)27(33-25(35)13-18)26-21(31)14-19(15-22(26)32)23-7-6-9-36(23)29(38)41-30(2,3)4/h6-10,13-15,20H,11-12,16-17H2,1-5H3. The smallest absolute Gasteiger partial charge is 0.418 e. The van der Waals surface area contributed by atoms with Crippen molar-refractivity contribution in [2.45, 2.75) is 45.8 Å². The third kappa shape index (κ3) is 5.81. The SMILES string of the molecule is COC(=O)N1CCOC(Cc2c(-c3c(F)cc(-c4cccn4C(=O)OC(C)(C)C)cc3F)nc3cc(C)ccn23)C1. The summed E-state index contributed by atoms with van der Waals surface area (Å²) in [4.78, 5) is 31.0. The fraction of sp³-hybridized carbons (Fsp3) is 0.367. The predicted octanol–water partition coefficient (Wildman–Crippen LogP) is 5.85. The zero-order chi connectivity index (χ0) is 29.5. The van der Waals surface area contributed by atoms with Crippen LogP contribution < -0.4 is 0 Å². The van der Waals surface area contributed by atoms with Gasteiger partial charge in [-0.05, 0) is 69.7 Å². The number of amides is 1. The fourth-order valence-electron chi connectivity index (χ4n) is 4.98. The Morgan fingerprint density at radius 3 is 2.51 bits per heavy atom. The number of hydrogen-bond donors (Lipinski definition) is 0. The first-order valence-electron chi connectivity index (χ1n) is 13.3. The van der Waals surface area contributed by atoms with Gasteiger partial charge in [-0.25, -0.2) is 23.4 Å². The number of rotatable bonds is 4. The number of pyridine rings is 1. The van der Waals surface area contributed by atoms with Crippen molar-refractivity contribution < 1.29 is 32.6 Å². The molecule has 1 atom stereocenters. The Morgan fingerprint density at radius 2 is 1.83 bits per heavy atom. The molecular formula is C30H32F2N4O5. The maximum atomic E-state index is 15.9. The fourth-order valence-corrected chi connectivity index (χ4v) is 4.98. The molecule has 0 bridgehead atoms. The number of carbonyl (C=O) groups is 2. The number of hydrogen-bond acceptors (Lipinski definition) is 6. The van der Waals surface area contributed by atoms with E-state index >= 15 is 8.78 Å². The number of methoxy groups -OCH3 is 1. The summed E-state index contributed by atoms with van der Waals surface area (Å²) in [5.41, 5.74) is 1.56. The maximum absolute atomic E-state index is 15.9. The molecule has 1 fully saturated rings. The Morgan fingerprint density at radius 1 is 1.10 bits per heavy atom. The summed E-state index contributed by atoms with van der Waals surface area (Å²) in [5, 5.41) is 0. The van der Waals surface area contributed by atoms with Gasteiger partial charge in [0.05, 0.1) is 49.0 Å². The number of aryl methyl sites for hydroxylation is 1. The summed E-state index contributed by atoms with van der Waals surface area (Å²) in [7, 11) is 1.32. The molecule has 1 aliphatic rings. The molecule has 4 heterocycles. The molecule has 4 aromatic rings. The van der Waals surface area contributed by atoms with E-state index < -0.39 is 35.5 Å². The maximum Gasteiger partial charge on any atom is 0.418 e. The molecule has 5 rings (SSSR count). The summed E-state index contributed by atoms with van der Waals surface area (Å²) in [6.07, 6.45) is 1.97. The number of morpholine rings is 1. The van der Waals surface area contributed by atoms with Crippen molar-refractivity contribution in [2.24, 2.45) is 0 Å². The van der Waals surface area contributed by atoms with Gasteiger partial charge in [-0.15, -0.1) is 0 Å². The van der Waals surface area contributed by atoms with Crippen molar-refractivity contribution in [3.8, 4) is 22.5 Å². The molecule has 1 amide bonds. The Bertz CT molecular complexity index is 1600. The second kappa shape index (κ2) is 11.0. The number of carbonyl (C=O) groups excluding carboxylic acids is 2. The monoisotopic (exact) mass is 566 g/mol. The summed E-state index contributed by atoms with van der Waals surface area (Å²) in [6.45, 7) is 8.07. The summed E-state index contributed by atoms with van der Waals surface area (Å²) in [5.74, 6) is -1.67. The van der Waals surface area contributed by atoms with E-state index in [-0.39, 0.29) is 35.5 Å². The van der Waals surface area contributed by atoms with Crippen LogP contribution in [0.5, 0.6) is 0 Å². The lowest BCUT2D eigenvalue weighted by Gasteiger charge is -2.32. The molecule has 9 nitrogen and oxygen atoms in total. The molecule has 216 valence electrons. The van der Waals surface area contributed by atoms with Crippen LogP contribution >= 0.6 is 0 Å². The van der Waals surface area contributed by atoms with Gasteiger partial charge in [-0.1, -0.05) is 0 Å². The molecule has 11 heteroatoms. The van der Waals surface area contributed by atoms with Gasteiger partial charge in [-0.3, -0.25) is 4.57 Å². The molecule has 3 aromatic heterocycles. The summed E-state index contributed by atoms with van der Waals surface area (Å²) < 4.78 is 50.9. The van der Waals surface area contributed by atoms with Crippen LogP contribution in [0.4, 0.5) is 18.4 Å². The van der Waals surface area contributed by atoms with E-state index in [0.29, 0.717) is 24.5 Å². The van der Waals surface area contributed by atoms with Gasteiger partial charge in [0, 0.05) is 30.9 Å². The van der Waals surface area contributed by atoms with E-state index in [1.54, 1.807) is 43.5 Å². The van der Waals surface area contributed by atoms with Crippen LogP contribution in [0.25, 0.3) is 28.2 Å². The molecule has 0 N–H and O–H groups in total. The van der Waals surface area contributed by atoms with Gasteiger partial charge in [0.25, 0.3) is 0 Å². The van der Waals surface area contributed by atoms with Crippen LogP contribution in [-0.2, 0) is 20.6 Å². The molecule has 1 unspecified atom stereocenters. The minimum atomic E-state index is -0.834. The first-order valence-corrected chi connectivity index (χ1v) is 13.3. The van der Waals surface area contributed by atoms with Crippen LogP contribution in [0.2, 0.25) is 0 Å². The zero-order valence-corrected chi connectivity index (χ0v) is 23.6. The summed E-state index contributed by atoms with van der Waals surface area (Å²) in [6, 6.07) is 9.27. The highest BCUT2D eigenvalue weighted by molar-refractivity contribution is 5.80. The third-order valence-electron chi connectivity index (χ3n) is 6.79. The number of aromatic nitrogens is 3. The van der Waals surface area contributed by atoms with Crippen molar-refractivity contribution in [3.05, 3.63) is 71.7 Å². The minimum Gasteiger partial charge on any atom is -0.453 e. The van der Waals surface area contributed by atoms with E-state index in [9.17, 15) is 9.59 Å². The van der Waals surface area contributed by atoms with E-state index in [4.69, 9.17) is 14.2 Å². The van der Waals surface area contributed by atoms with Crippen LogP contribution in [0.3, 0.4) is 0 Å². The largest absolute Gasteiger partial charge is 0.453 e. The van der Waals surface area contributed by atoms with E-state index in [1.807, 2.05) is 19.1 Å². The number of fused-ring (bicyclic) bond motifs is 1. The van der Waals surface area contributed by atoms with E-state index in [2.05, 4.69) is 4.98 Å². The van der Waals surface area contributed by atoms with Crippen LogP contribution in [0, 0.1) is 18.6 Å². The Balaban J connectivity index is 1.55. The number of ether oxygens (including phenoxy) is 3. The quantitative estimate of drug-likeness (QED) is 0.308. The Labute approximate surface area is 236 Å². The highest BCUT2D eigenvalue weighted by atomic mass is 19.1. The topological polar surface area (TPSA) is 87.3 Å². The van der Waals surface area contributed by atoms with Crippen molar-refractivity contribution >= 4 is 17.8 Å². The molecule has 1 saturated heterocycles. The molecule has 1 aliphatic heterocycles. The van der Waals surface area contributed by atoms with Gasteiger partial charge in [0.15, 0.2) is 0 Å². The molecule has 0 saturated carbocycles. The first kappa shape index (κ1) is 28.3. The molecule has 41 heavy (non-hydrogen) atoms. The van der Waals surface area contributed by atoms with E-state index in [1.165, 1.54) is 34.9 Å². The molecule has 0 aliphatic carbocycles. The lowest BCUT2D eigenvalue weighted by Crippen LogP contribution is -2.46. The average molecular weight is 567 g/mol. The van der Waals surface area contributed by atoms with Crippen molar-refractivity contribution in [2.75, 3.05) is 26.8 Å². The second-order valence-corrected chi connectivity index (χ2v) is 11.0. The molecule has 1 aromatic carbocycles. The Hall–Kier alpha value is -4.25. The van der Waals surface area contributed by atoms with Crippen molar-refractivity contribution in [1.29, 1.82) is 0 Å². The van der Waals surface area contributed by atoms with Gasteiger partial charge in [-0.2, -0.15) is 0 Å². The van der Waals surface area contributed by atoms with Gasteiger partial charge in [0.1, 0.15) is 22.9 Å². The first-order chi connectivity index (χ1) is 19.4. The lowest BCUT2D eigenvalue weighted by molar-refractivity contribution is -0.0241. The average Bonchev–Trinajstić information content (AvgIpc) is 3.52. The highest BCUT2D eigenvalue weighted by Crippen LogP contribution is 2.34. The Kier molecular flexibility index (Phi) is 7.56. The van der Waals surface area contributed by atoms with Crippen molar-refractivity contribution in [3.63, 3.8) is 0 Å². The number of imidazole rings is 1. The molecule has 0 radical (unpaired) electrons. The number of halogens is 2. The number of nitrogens with zero attached hydrogens (tertiary/aromatic N) is 4. The lowest BCUT2D eigenvalue weighted by atomic mass is 10.0. The number of benzene rings is 1. The normalized spacial score (nSPS) is 15.8. The third-order valence-corrected chi connectivity index (χ3v) is 6.79. The van der Waals surface area contributed by atoms with Crippen LogP contribution in [-0.4, -0.2) is 69.5 Å². The molecule has 0 spiro atoms. The predicted molar refractivity (Wildman–Crippen MR) is 148 cm³/mol. The second-order valence-electron chi connectivity index (χ2n) is 11.0. The highest BCUT2D eigenvalue weighted by Gasteiger charge is 2.29. The van der Waals surface area contributed by atoms with Crippen LogP contribution in [0.1, 0.15) is 32.0 Å². The van der Waals surface area contributed by atoms with Gasteiger partial charge < -0.3 is 23.5 Å². The minimum absolute atomic E-state index is 0.137. The zero-order valence-electron chi connectivity index (χ0n) is 23.6. The van der Waals surface area contributed by atoms with Crippen molar-refractivity contribution in [1.82, 2.24) is 18.9 Å². The summed E-state index contributed by atoms with van der Waals surface area (Å²) >= 11 is 0.